The Morgan fingerprint density at radius 1 is 0.914 bits per heavy atom. The maximum Gasteiger partial charge on any atom is 0.305 e. The first-order chi connectivity index (χ1) is 16.5. The summed E-state index contributed by atoms with van der Waals surface area (Å²) in [5.41, 5.74) is 0.147. The Morgan fingerprint density at radius 2 is 1.63 bits per heavy atom. The lowest BCUT2D eigenvalue weighted by Crippen LogP contribution is -2.59. The molecular weight excluding hydrogens is 444 g/mol. The zero-order valence-electron chi connectivity index (χ0n) is 22.6. The summed E-state index contributed by atoms with van der Waals surface area (Å²) in [7, 11) is 1.45. The van der Waals surface area contributed by atoms with Gasteiger partial charge in [-0.15, -0.1) is 0 Å². The van der Waals surface area contributed by atoms with E-state index < -0.39 is 0 Å². The summed E-state index contributed by atoms with van der Waals surface area (Å²) in [6.45, 7) is 10.2. The van der Waals surface area contributed by atoms with Crippen LogP contribution in [0.4, 0.5) is 0 Å². The molecular formula is C29H46O6. The summed E-state index contributed by atoms with van der Waals surface area (Å²) in [6, 6.07) is 0. The van der Waals surface area contributed by atoms with Crippen LogP contribution in [0.2, 0.25) is 0 Å². The minimum atomic E-state index is -0.183. The second-order valence-corrected chi connectivity index (χ2v) is 12.6. The minimum Gasteiger partial charge on any atom is -0.469 e. The van der Waals surface area contributed by atoms with Gasteiger partial charge in [-0.1, -0.05) is 20.8 Å². The van der Waals surface area contributed by atoms with Crippen molar-refractivity contribution >= 4 is 17.9 Å². The molecule has 0 amide bonds. The van der Waals surface area contributed by atoms with Gasteiger partial charge in [0.25, 0.3) is 0 Å². The molecule has 0 radical (unpaired) electrons. The quantitative estimate of drug-likeness (QED) is 0.351. The zero-order chi connectivity index (χ0) is 25.5. The van der Waals surface area contributed by atoms with Gasteiger partial charge in [0, 0.05) is 25.7 Å². The first-order valence-corrected chi connectivity index (χ1v) is 13.9. The summed E-state index contributed by atoms with van der Waals surface area (Å²) in [6.07, 6.45) is 9.87. The van der Waals surface area contributed by atoms with Gasteiger partial charge in [0.1, 0.15) is 12.2 Å². The van der Waals surface area contributed by atoms with Gasteiger partial charge >= 0.3 is 17.9 Å². The highest BCUT2D eigenvalue weighted by Crippen LogP contribution is 2.69. The number of hydrogen-bond donors (Lipinski definition) is 0. The number of carbonyl (C=O) groups is 3. The third-order valence-corrected chi connectivity index (χ3v) is 11.1. The Hall–Kier alpha value is -1.59. The Bertz CT molecular complexity index is 824. The number of esters is 3. The number of fused-ring (bicyclic) bond motifs is 5. The molecule has 4 fully saturated rings. The predicted molar refractivity (Wildman–Crippen MR) is 132 cm³/mol. The summed E-state index contributed by atoms with van der Waals surface area (Å²) < 4.78 is 16.7. The van der Waals surface area contributed by atoms with Crippen LogP contribution in [-0.2, 0) is 28.6 Å². The molecule has 0 unspecified atom stereocenters. The van der Waals surface area contributed by atoms with Crippen molar-refractivity contribution in [3.05, 3.63) is 0 Å². The molecule has 6 nitrogen and oxygen atoms in total. The molecule has 198 valence electrons. The lowest BCUT2D eigenvalue weighted by atomic mass is 9.43. The molecule has 35 heavy (non-hydrogen) atoms. The molecule has 0 aromatic heterocycles. The van der Waals surface area contributed by atoms with E-state index in [1.165, 1.54) is 33.3 Å². The van der Waals surface area contributed by atoms with E-state index in [-0.39, 0.29) is 40.9 Å². The maximum atomic E-state index is 12.3. The van der Waals surface area contributed by atoms with Crippen LogP contribution in [0.1, 0.15) is 98.8 Å². The van der Waals surface area contributed by atoms with Gasteiger partial charge in [0.2, 0.25) is 0 Å². The summed E-state index contributed by atoms with van der Waals surface area (Å²) in [5.74, 6) is 2.60. The molecule has 0 spiro atoms. The lowest BCUT2D eigenvalue weighted by molar-refractivity contribution is -0.197. The highest BCUT2D eigenvalue weighted by Gasteiger charge is 2.65. The van der Waals surface area contributed by atoms with Crippen molar-refractivity contribution in [3.63, 3.8) is 0 Å². The van der Waals surface area contributed by atoms with Gasteiger partial charge in [0.05, 0.1) is 7.11 Å². The van der Waals surface area contributed by atoms with Crippen molar-refractivity contribution in [1.29, 1.82) is 0 Å². The molecule has 6 heteroatoms. The van der Waals surface area contributed by atoms with Crippen LogP contribution < -0.4 is 0 Å². The molecule has 4 aliphatic carbocycles. The highest BCUT2D eigenvalue weighted by molar-refractivity contribution is 5.69. The van der Waals surface area contributed by atoms with E-state index in [2.05, 4.69) is 20.8 Å². The Balaban J connectivity index is 1.58. The van der Waals surface area contributed by atoms with Crippen molar-refractivity contribution in [2.45, 2.75) is 111 Å². The monoisotopic (exact) mass is 490 g/mol. The van der Waals surface area contributed by atoms with Crippen molar-refractivity contribution in [3.8, 4) is 0 Å². The fraction of sp³-hybridized carbons (Fsp3) is 0.897. The molecule has 10 atom stereocenters. The first-order valence-electron chi connectivity index (χ1n) is 13.9. The number of ether oxygens (including phenoxy) is 3. The van der Waals surface area contributed by atoms with Gasteiger partial charge in [0.15, 0.2) is 0 Å². The van der Waals surface area contributed by atoms with E-state index in [0.717, 1.165) is 38.5 Å². The fourth-order valence-corrected chi connectivity index (χ4v) is 9.48. The largest absolute Gasteiger partial charge is 0.469 e. The number of hydrogen-bond acceptors (Lipinski definition) is 6. The number of carbonyl (C=O) groups excluding carboxylic acids is 3. The molecule has 4 rings (SSSR count). The van der Waals surface area contributed by atoms with E-state index in [1.807, 2.05) is 0 Å². The van der Waals surface area contributed by atoms with Crippen molar-refractivity contribution < 1.29 is 28.6 Å². The van der Waals surface area contributed by atoms with Crippen molar-refractivity contribution in [2.24, 2.45) is 46.3 Å². The van der Waals surface area contributed by atoms with Crippen LogP contribution in [0.5, 0.6) is 0 Å². The molecule has 0 aromatic carbocycles. The second kappa shape index (κ2) is 10.0. The standard InChI is InChI=1S/C29H46O6/c1-17(7-12-27(32)33-6)23-10-11-24-22-9-8-20-15-21(34-18(2)30)13-14-28(20,4)25(22)16-26(29(23,24)5)35-19(3)31/h17,20-26H,7-16H2,1-6H3/t17-,20-,21-,22-,23-,24-,25-,26-,28-,29+/m0/s1. The van der Waals surface area contributed by atoms with Gasteiger partial charge < -0.3 is 14.2 Å². The first kappa shape index (κ1) is 26.5. The Labute approximate surface area is 211 Å². The summed E-state index contributed by atoms with van der Waals surface area (Å²) in [5, 5.41) is 0. The van der Waals surface area contributed by atoms with Crippen LogP contribution in [0.3, 0.4) is 0 Å². The average Bonchev–Trinajstić information content (AvgIpc) is 3.16. The normalized spacial score (nSPS) is 43.2. The van der Waals surface area contributed by atoms with E-state index in [9.17, 15) is 14.4 Å². The number of methoxy groups -OCH3 is 1. The van der Waals surface area contributed by atoms with Crippen LogP contribution in [0.25, 0.3) is 0 Å². The Kier molecular flexibility index (Phi) is 7.60. The molecule has 0 aliphatic heterocycles. The summed E-state index contributed by atoms with van der Waals surface area (Å²) in [4.78, 5) is 35.7. The second-order valence-electron chi connectivity index (χ2n) is 12.6. The topological polar surface area (TPSA) is 78.9 Å². The third-order valence-electron chi connectivity index (χ3n) is 11.1. The zero-order valence-corrected chi connectivity index (χ0v) is 22.6. The minimum absolute atomic E-state index is 0.0479. The Morgan fingerprint density at radius 3 is 2.29 bits per heavy atom. The SMILES string of the molecule is COC(=O)CC[C@H](C)[C@@H]1CC[C@H]2[C@@H]3CC[C@H]4C[C@@H](OC(C)=O)CC[C@]4(C)[C@H]3C[C@H](OC(C)=O)[C@@]21C. The smallest absolute Gasteiger partial charge is 0.305 e. The van der Waals surface area contributed by atoms with Crippen LogP contribution in [0, 0.1) is 46.3 Å². The predicted octanol–water partition coefficient (Wildman–Crippen LogP) is 5.71. The lowest BCUT2D eigenvalue weighted by Gasteiger charge is -2.62. The molecule has 0 saturated heterocycles. The van der Waals surface area contributed by atoms with E-state index in [1.54, 1.807) is 6.92 Å². The molecule has 0 aromatic rings. The van der Waals surface area contributed by atoms with Crippen LogP contribution in [-0.4, -0.2) is 37.2 Å². The number of rotatable bonds is 6. The van der Waals surface area contributed by atoms with Crippen LogP contribution in [0.15, 0.2) is 0 Å². The highest BCUT2D eigenvalue weighted by atomic mass is 16.5. The van der Waals surface area contributed by atoms with Gasteiger partial charge in [-0.2, -0.15) is 0 Å². The molecule has 0 bridgehead atoms. The molecule has 4 saturated carbocycles. The van der Waals surface area contributed by atoms with Gasteiger partial charge in [-0.25, -0.2) is 0 Å². The fourth-order valence-electron chi connectivity index (χ4n) is 9.48. The van der Waals surface area contributed by atoms with Crippen LogP contribution >= 0.6 is 0 Å². The van der Waals surface area contributed by atoms with E-state index >= 15 is 0 Å². The average molecular weight is 491 g/mol. The van der Waals surface area contributed by atoms with E-state index in [0.29, 0.717) is 41.9 Å². The van der Waals surface area contributed by atoms with Crippen molar-refractivity contribution in [2.75, 3.05) is 7.11 Å². The van der Waals surface area contributed by atoms with Crippen molar-refractivity contribution in [1.82, 2.24) is 0 Å². The molecule has 4 aliphatic rings. The van der Waals surface area contributed by atoms with E-state index in [4.69, 9.17) is 14.2 Å². The van der Waals surface area contributed by atoms with Gasteiger partial charge in [-0.05, 0) is 98.7 Å². The summed E-state index contributed by atoms with van der Waals surface area (Å²) >= 11 is 0. The third kappa shape index (κ3) is 4.75. The molecule has 0 N–H and O–H groups in total. The molecule has 0 heterocycles. The maximum absolute atomic E-state index is 12.3. The van der Waals surface area contributed by atoms with Gasteiger partial charge in [-0.3, -0.25) is 14.4 Å².